The lowest BCUT2D eigenvalue weighted by atomic mass is 10.2. The van der Waals surface area contributed by atoms with Crippen LogP contribution in [-0.4, -0.2) is 79.2 Å². The van der Waals surface area contributed by atoms with Crippen molar-refractivity contribution in [1.29, 1.82) is 0 Å². The first-order valence-corrected chi connectivity index (χ1v) is 9.29. The smallest absolute Gasteiger partial charge is 0.317 e. The molecule has 10 nitrogen and oxygen atoms in total. The number of carboxylic acids is 3. The Hall–Kier alpha value is -3.37. The van der Waals surface area contributed by atoms with Gasteiger partial charge in [-0.15, -0.1) is 0 Å². The minimum Gasteiger partial charge on any atom is -0.480 e. The molecule has 2 heterocycles. The molecule has 3 N–H and O–H groups in total. The molecule has 2 aromatic heterocycles. The van der Waals surface area contributed by atoms with Crippen molar-refractivity contribution in [1.82, 2.24) is 19.8 Å². The van der Waals surface area contributed by atoms with Gasteiger partial charge in [-0.05, 0) is 30.8 Å². The number of aliphatic carboxylic acids is 3. The summed E-state index contributed by atoms with van der Waals surface area (Å²) >= 11 is 0. The van der Waals surface area contributed by atoms with Crippen molar-refractivity contribution in [3.63, 3.8) is 0 Å². The van der Waals surface area contributed by atoms with Gasteiger partial charge in [-0.1, -0.05) is 19.1 Å². The number of hydrogen-bond donors (Lipinski definition) is 3. The van der Waals surface area contributed by atoms with Gasteiger partial charge < -0.3 is 15.3 Å². The van der Waals surface area contributed by atoms with E-state index in [0.717, 1.165) is 0 Å². The van der Waals surface area contributed by atoms with E-state index in [0.29, 0.717) is 35.9 Å². The van der Waals surface area contributed by atoms with E-state index in [-0.39, 0.29) is 13.1 Å². The Labute approximate surface area is 173 Å². The van der Waals surface area contributed by atoms with E-state index >= 15 is 0 Å². The van der Waals surface area contributed by atoms with E-state index in [4.69, 9.17) is 15.3 Å². The van der Waals surface area contributed by atoms with Crippen LogP contribution in [-0.2, 0) is 27.5 Å². The minimum absolute atomic E-state index is 0.0638. The van der Waals surface area contributed by atoms with E-state index in [1.807, 2.05) is 13.0 Å². The number of rotatable bonds is 12. The lowest BCUT2D eigenvalue weighted by Crippen LogP contribution is -2.34. The number of likely N-dealkylation sites (N-methyl/N-ethyl adjacent to an activating group) is 1. The summed E-state index contributed by atoms with van der Waals surface area (Å²) in [6, 6.07) is 10.6. The Balaban J connectivity index is 2.19. The van der Waals surface area contributed by atoms with Crippen molar-refractivity contribution in [3.05, 3.63) is 47.8 Å². The molecule has 0 saturated carbocycles. The Morgan fingerprint density at radius 3 is 1.53 bits per heavy atom. The normalized spacial score (nSPS) is 11.0. The summed E-state index contributed by atoms with van der Waals surface area (Å²) in [7, 11) is 0. The first-order chi connectivity index (χ1) is 14.3. The second-order valence-corrected chi connectivity index (χ2v) is 6.66. The van der Waals surface area contributed by atoms with Crippen LogP contribution in [0, 0.1) is 0 Å². The van der Waals surface area contributed by atoms with Gasteiger partial charge in [0, 0.05) is 13.1 Å². The molecule has 0 bridgehead atoms. The third-order valence-corrected chi connectivity index (χ3v) is 4.17. The van der Waals surface area contributed by atoms with Gasteiger partial charge in [0.25, 0.3) is 0 Å². The van der Waals surface area contributed by atoms with E-state index in [1.165, 1.54) is 4.90 Å². The van der Waals surface area contributed by atoms with Gasteiger partial charge in [-0.3, -0.25) is 24.2 Å². The van der Waals surface area contributed by atoms with Gasteiger partial charge in [0.15, 0.2) is 0 Å². The molecule has 2 rings (SSSR count). The van der Waals surface area contributed by atoms with E-state index in [1.54, 1.807) is 35.2 Å². The zero-order chi connectivity index (χ0) is 22.1. The Bertz CT molecular complexity index is 888. The molecular formula is C20H24N4O6. The van der Waals surface area contributed by atoms with Crippen LogP contribution in [0.1, 0.15) is 18.3 Å². The zero-order valence-corrected chi connectivity index (χ0v) is 16.6. The summed E-state index contributed by atoms with van der Waals surface area (Å²) in [6.07, 6.45) is 0. The molecule has 0 amide bonds. The van der Waals surface area contributed by atoms with E-state index < -0.39 is 31.0 Å². The highest BCUT2D eigenvalue weighted by Crippen LogP contribution is 2.17. The molecular weight excluding hydrogens is 392 g/mol. The summed E-state index contributed by atoms with van der Waals surface area (Å²) in [6.45, 7) is 1.96. The maximum absolute atomic E-state index is 11.0. The SMILES string of the molecule is CCN(CC(=O)O)Cc1cccc(-c2cccc(CN(CC(=O)O)CC(=O)O)n2)n1. The highest BCUT2D eigenvalue weighted by Gasteiger charge is 2.15. The van der Waals surface area contributed by atoms with Crippen LogP contribution < -0.4 is 0 Å². The predicted octanol–water partition coefficient (Wildman–Crippen LogP) is 1.02. The third kappa shape index (κ3) is 7.57. The van der Waals surface area contributed by atoms with Gasteiger partial charge >= 0.3 is 17.9 Å². The average molecular weight is 416 g/mol. The molecule has 0 spiro atoms. The maximum atomic E-state index is 11.0. The first kappa shape index (κ1) is 22.9. The van der Waals surface area contributed by atoms with Crippen molar-refractivity contribution in [3.8, 4) is 11.4 Å². The summed E-state index contributed by atoms with van der Waals surface area (Å²) in [4.78, 5) is 45.0. The van der Waals surface area contributed by atoms with Crippen molar-refractivity contribution in [2.45, 2.75) is 20.0 Å². The number of nitrogens with zero attached hydrogens (tertiary/aromatic N) is 4. The van der Waals surface area contributed by atoms with Gasteiger partial charge in [0.2, 0.25) is 0 Å². The molecule has 0 aliphatic rings. The van der Waals surface area contributed by atoms with Crippen LogP contribution in [0.5, 0.6) is 0 Å². The molecule has 2 aromatic rings. The molecule has 0 saturated heterocycles. The second kappa shape index (κ2) is 11.0. The summed E-state index contributed by atoms with van der Waals surface area (Å²) in [5.41, 5.74) is 2.36. The molecule has 0 atom stereocenters. The molecule has 0 radical (unpaired) electrons. The quantitative estimate of drug-likeness (QED) is 0.458. The van der Waals surface area contributed by atoms with Crippen molar-refractivity contribution in [2.75, 3.05) is 26.2 Å². The van der Waals surface area contributed by atoms with Gasteiger partial charge in [-0.25, -0.2) is 9.97 Å². The minimum atomic E-state index is -1.12. The largest absolute Gasteiger partial charge is 0.480 e. The molecule has 0 unspecified atom stereocenters. The lowest BCUT2D eigenvalue weighted by Gasteiger charge is -2.18. The number of carboxylic acid groups (broad SMARTS) is 3. The lowest BCUT2D eigenvalue weighted by molar-refractivity contribution is -0.142. The monoisotopic (exact) mass is 416 g/mol. The number of carbonyl (C=O) groups is 3. The van der Waals surface area contributed by atoms with Crippen molar-refractivity contribution >= 4 is 17.9 Å². The average Bonchev–Trinajstić information content (AvgIpc) is 2.66. The second-order valence-electron chi connectivity index (χ2n) is 6.66. The summed E-state index contributed by atoms with van der Waals surface area (Å²) in [5.74, 6) is -3.15. The summed E-state index contributed by atoms with van der Waals surface area (Å²) < 4.78 is 0. The highest BCUT2D eigenvalue weighted by molar-refractivity contribution is 5.72. The van der Waals surface area contributed by atoms with Gasteiger partial charge in [0.05, 0.1) is 42.4 Å². The van der Waals surface area contributed by atoms with Crippen LogP contribution in [0.2, 0.25) is 0 Å². The van der Waals surface area contributed by atoms with Crippen LogP contribution in [0.3, 0.4) is 0 Å². The van der Waals surface area contributed by atoms with Gasteiger partial charge in [-0.2, -0.15) is 0 Å². The van der Waals surface area contributed by atoms with Crippen LogP contribution in [0.4, 0.5) is 0 Å². The molecule has 0 aromatic carbocycles. The Kier molecular flexibility index (Phi) is 8.39. The predicted molar refractivity (Wildman–Crippen MR) is 107 cm³/mol. The maximum Gasteiger partial charge on any atom is 0.317 e. The van der Waals surface area contributed by atoms with Crippen LogP contribution >= 0.6 is 0 Å². The third-order valence-electron chi connectivity index (χ3n) is 4.17. The topological polar surface area (TPSA) is 144 Å². The Morgan fingerprint density at radius 1 is 0.733 bits per heavy atom. The number of hydrogen-bond acceptors (Lipinski definition) is 7. The molecule has 0 fully saturated rings. The van der Waals surface area contributed by atoms with Gasteiger partial charge in [0.1, 0.15) is 0 Å². The van der Waals surface area contributed by atoms with Crippen molar-refractivity contribution in [2.24, 2.45) is 0 Å². The zero-order valence-electron chi connectivity index (χ0n) is 16.6. The van der Waals surface area contributed by atoms with E-state index in [2.05, 4.69) is 9.97 Å². The molecule has 30 heavy (non-hydrogen) atoms. The standard InChI is InChI=1S/C20H24N4O6/c1-2-23(11-18(25)26)9-14-5-3-7-16(21-14)17-8-4-6-15(22-17)10-24(12-19(27)28)13-20(29)30/h3-8H,2,9-13H2,1H3,(H,25,26)(H,27,28)(H,29,30). The molecule has 10 heteroatoms. The molecule has 160 valence electrons. The first-order valence-electron chi connectivity index (χ1n) is 9.29. The fourth-order valence-electron chi connectivity index (χ4n) is 2.90. The Morgan fingerprint density at radius 2 is 1.13 bits per heavy atom. The molecule has 0 aliphatic carbocycles. The van der Waals surface area contributed by atoms with Crippen LogP contribution in [0.15, 0.2) is 36.4 Å². The summed E-state index contributed by atoms with van der Waals surface area (Å²) in [5, 5.41) is 26.9. The fraction of sp³-hybridized carbons (Fsp3) is 0.350. The molecule has 0 aliphatic heterocycles. The fourth-order valence-corrected chi connectivity index (χ4v) is 2.90. The van der Waals surface area contributed by atoms with Crippen LogP contribution in [0.25, 0.3) is 11.4 Å². The number of aromatic nitrogens is 2. The van der Waals surface area contributed by atoms with Crippen molar-refractivity contribution < 1.29 is 29.7 Å². The number of pyridine rings is 2. The highest BCUT2D eigenvalue weighted by atomic mass is 16.4. The van der Waals surface area contributed by atoms with E-state index in [9.17, 15) is 14.4 Å².